The van der Waals surface area contributed by atoms with Gasteiger partial charge in [0.2, 0.25) is 0 Å². The Morgan fingerprint density at radius 3 is 2.75 bits per heavy atom. The van der Waals surface area contributed by atoms with Crippen LogP contribution < -0.4 is 4.72 Å². The van der Waals surface area contributed by atoms with Gasteiger partial charge in [-0.05, 0) is 42.9 Å². The van der Waals surface area contributed by atoms with Crippen LogP contribution in [0.25, 0.3) is 0 Å². The van der Waals surface area contributed by atoms with Crippen LogP contribution in [-0.4, -0.2) is 19.5 Å². The van der Waals surface area contributed by atoms with E-state index in [0.717, 1.165) is 23.3 Å². The standard InChI is InChI=1S/C16H16ClNO4S2/c1-9-6-7-10-12(8-9)23-15(14(10)16(19)20)18-24(21,22)13-5-3-2-4-11(13)17/h2-5,9,18H,6-8H2,1H3,(H,19,20)/t9-/m1/s1. The molecule has 0 aliphatic heterocycles. The molecule has 2 aromatic rings. The SMILES string of the molecule is C[C@@H]1CCc2c(sc(NS(=O)(=O)c3ccccc3Cl)c2C(=O)O)C1. The Bertz CT molecular complexity index is 905. The minimum absolute atomic E-state index is 0.0669. The molecule has 1 aliphatic carbocycles. The lowest BCUT2D eigenvalue weighted by Crippen LogP contribution is -2.16. The maximum absolute atomic E-state index is 12.6. The number of rotatable bonds is 4. The van der Waals surface area contributed by atoms with Gasteiger partial charge >= 0.3 is 5.97 Å². The van der Waals surface area contributed by atoms with E-state index in [-0.39, 0.29) is 20.5 Å². The van der Waals surface area contributed by atoms with Gasteiger partial charge in [-0.3, -0.25) is 4.72 Å². The van der Waals surface area contributed by atoms with Crippen LogP contribution in [-0.2, 0) is 22.9 Å². The van der Waals surface area contributed by atoms with E-state index >= 15 is 0 Å². The van der Waals surface area contributed by atoms with Crippen LogP contribution in [0.4, 0.5) is 5.00 Å². The molecule has 0 bridgehead atoms. The summed E-state index contributed by atoms with van der Waals surface area (Å²) in [6, 6.07) is 6.07. The van der Waals surface area contributed by atoms with Gasteiger partial charge in [-0.1, -0.05) is 30.7 Å². The Morgan fingerprint density at radius 2 is 2.08 bits per heavy atom. The summed E-state index contributed by atoms with van der Waals surface area (Å²) in [6.45, 7) is 2.11. The molecule has 1 aromatic carbocycles. The molecule has 3 rings (SSSR count). The topological polar surface area (TPSA) is 83.5 Å². The first-order valence-electron chi connectivity index (χ1n) is 7.44. The van der Waals surface area contributed by atoms with Gasteiger partial charge in [-0.25, -0.2) is 13.2 Å². The van der Waals surface area contributed by atoms with Crippen LogP contribution in [0.15, 0.2) is 29.2 Å². The number of anilines is 1. The van der Waals surface area contributed by atoms with Crippen molar-refractivity contribution in [2.24, 2.45) is 5.92 Å². The number of hydrogen-bond donors (Lipinski definition) is 2. The van der Waals surface area contributed by atoms with Gasteiger partial charge in [0.1, 0.15) is 9.90 Å². The largest absolute Gasteiger partial charge is 0.478 e. The second-order valence-corrected chi connectivity index (χ2v) is 9.06. The first kappa shape index (κ1) is 17.3. The lowest BCUT2D eigenvalue weighted by Gasteiger charge is -2.17. The van der Waals surface area contributed by atoms with Gasteiger partial charge in [0.25, 0.3) is 10.0 Å². The number of sulfonamides is 1. The third kappa shape index (κ3) is 3.16. The number of carbonyl (C=O) groups is 1. The van der Waals surface area contributed by atoms with E-state index in [0.29, 0.717) is 12.3 Å². The Morgan fingerprint density at radius 1 is 1.38 bits per heavy atom. The molecule has 0 fully saturated rings. The lowest BCUT2D eigenvalue weighted by atomic mass is 9.88. The van der Waals surface area contributed by atoms with Crippen molar-refractivity contribution in [3.8, 4) is 0 Å². The summed E-state index contributed by atoms with van der Waals surface area (Å²) in [7, 11) is -3.95. The second kappa shape index (κ2) is 6.38. The van der Waals surface area contributed by atoms with E-state index in [9.17, 15) is 18.3 Å². The maximum Gasteiger partial charge on any atom is 0.339 e. The lowest BCUT2D eigenvalue weighted by molar-refractivity contribution is 0.0697. The third-order valence-electron chi connectivity index (χ3n) is 4.08. The molecule has 0 radical (unpaired) electrons. The summed E-state index contributed by atoms with van der Waals surface area (Å²) in [5.74, 6) is -0.648. The van der Waals surface area contributed by atoms with Gasteiger partial charge in [0.05, 0.1) is 10.6 Å². The first-order valence-corrected chi connectivity index (χ1v) is 10.1. The summed E-state index contributed by atoms with van der Waals surface area (Å²) in [4.78, 5) is 12.6. The first-order chi connectivity index (χ1) is 11.3. The smallest absolute Gasteiger partial charge is 0.339 e. The van der Waals surface area contributed by atoms with Crippen molar-refractivity contribution < 1.29 is 18.3 Å². The van der Waals surface area contributed by atoms with E-state index in [2.05, 4.69) is 11.6 Å². The van der Waals surface area contributed by atoms with Crippen molar-refractivity contribution in [1.29, 1.82) is 0 Å². The molecular formula is C16H16ClNO4S2. The van der Waals surface area contributed by atoms with Crippen molar-refractivity contribution >= 4 is 43.9 Å². The fourth-order valence-corrected chi connectivity index (χ4v) is 6.12. The Labute approximate surface area is 149 Å². The molecule has 2 N–H and O–H groups in total. The molecule has 1 heterocycles. The number of nitrogens with one attached hydrogen (secondary N) is 1. The Kier molecular flexibility index (Phi) is 4.59. The highest BCUT2D eigenvalue weighted by molar-refractivity contribution is 7.93. The van der Waals surface area contributed by atoms with E-state index in [1.54, 1.807) is 12.1 Å². The fraction of sp³-hybridized carbons (Fsp3) is 0.312. The number of halogens is 1. The monoisotopic (exact) mass is 385 g/mol. The van der Waals surface area contributed by atoms with Crippen molar-refractivity contribution in [3.63, 3.8) is 0 Å². The van der Waals surface area contributed by atoms with E-state index in [4.69, 9.17) is 11.6 Å². The predicted molar refractivity (Wildman–Crippen MR) is 94.7 cm³/mol. The molecule has 0 saturated heterocycles. The molecule has 0 spiro atoms. The third-order valence-corrected chi connectivity index (χ3v) is 7.23. The van der Waals surface area contributed by atoms with Crippen LogP contribution >= 0.6 is 22.9 Å². The van der Waals surface area contributed by atoms with Crippen molar-refractivity contribution in [3.05, 3.63) is 45.3 Å². The van der Waals surface area contributed by atoms with Crippen LogP contribution in [0.5, 0.6) is 0 Å². The average molecular weight is 386 g/mol. The van der Waals surface area contributed by atoms with Crippen molar-refractivity contribution in [2.75, 3.05) is 4.72 Å². The number of aromatic carboxylic acids is 1. The number of thiophene rings is 1. The summed E-state index contributed by atoms with van der Waals surface area (Å²) in [5.41, 5.74) is 0.819. The molecule has 0 saturated carbocycles. The fourth-order valence-electron chi connectivity index (χ4n) is 2.89. The predicted octanol–water partition coefficient (Wildman–Crippen LogP) is 4.03. The van der Waals surface area contributed by atoms with Crippen molar-refractivity contribution in [1.82, 2.24) is 0 Å². The Balaban J connectivity index is 2.04. The number of fused-ring (bicyclic) bond motifs is 1. The molecule has 1 aliphatic rings. The average Bonchev–Trinajstić information content (AvgIpc) is 2.83. The molecule has 5 nitrogen and oxygen atoms in total. The van der Waals surface area contributed by atoms with Crippen LogP contribution in [0.2, 0.25) is 5.02 Å². The highest BCUT2D eigenvalue weighted by Gasteiger charge is 2.30. The number of hydrogen-bond acceptors (Lipinski definition) is 4. The number of carboxylic acid groups (broad SMARTS) is 1. The molecule has 1 aromatic heterocycles. The molecule has 1 atom stereocenters. The molecule has 24 heavy (non-hydrogen) atoms. The normalized spacial score (nSPS) is 17.3. The molecule has 128 valence electrons. The highest BCUT2D eigenvalue weighted by atomic mass is 35.5. The van der Waals surface area contributed by atoms with Crippen LogP contribution in [0.1, 0.15) is 34.1 Å². The van der Waals surface area contributed by atoms with E-state index in [1.807, 2.05) is 0 Å². The quantitative estimate of drug-likeness (QED) is 0.832. The van der Waals surface area contributed by atoms with Crippen LogP contribution in [0.3, 0.4) is 0 Å². The zero-order valence-corrected chi connectivity index (χ0v) is 15.3. The zero-order valence-electron chi connectivity index (χ0n) is 12.9. The van der Waals surface area contributed by atoms with Gasteiger partial charge in [-0.2, -0.15) is 0 Å². The number of benzene rings is 1. The highest BCUT2D eigenvalue weighted by Crippen LogP contribution is 2.40. The number of carboxylic acids is 1. The van der Waals surface area contributed by atoms with Gasteiger partial charge in [-0.15, -0.1) is 11.3 Å². The van der Waals surface area contributed by atoms with E-state index in [1.165, 1.54) is 23.5 Å². The molecule has 8 heteroatoms. The molecule has 0 amide bonds. The van der Waals surface area contributed by atoms with E-state index < -0.39 is 16.0 Å². The second-order valence-electron chi connectivity index (χ2n) is 5.90. The summed E-state index contributed by atoms with van der Waals surface area (Å²) >= 11 is 7.17. The maximum atomic E-state index is 12.6. The summed E-state index contributed by atoms with van der Waals surface area (Å²) in [6.07, 6.45) is 2.33. The van der Waals surface area contributed by atoms with Gasteiger partial charge in [0.15, 0.2) is 0 Å². The molecule has 0 unspecified atom stereocenters. The molecular weight excluding hydrogens is 370 g/mol. The van der Waals surface area contributed by atoms with Crippen molar-refractivity contribution in [2.45, 2.75) is 31.1 Å². The van der Waals surface area contributed by atoms with Gasteiger partial charge in [0, 0.05) is 4.88 Å². The summed E-state index contributed by atoms with van der Waals surface area (Å²) < 4.78 is 27.6. The zero-order chi connectivity index (χ0) is 17.5. The Hall–Kier alpha value is -1.57. The minimum Gasteiger partial charge on any atom is -0.478 e. The van der Waals surface area contributed by atoms with Crippen LogP contribution in [0, 0.1) is 5.92 Å². The minimum atomic E-state index is -3.95. The summed E-state index contributed by atoms with van der Waals surface area (Å²) in [5, 5.41) is 9.79. The van der Waals surface area contributed by atoms with Gasteiger partial charge < -0.3 is 5.11 Å².